The molecular weight excluding hydrogens is 186 g/mol. The first-order valence-electron chi connectivity index (χ1n) is 5.29. The van der Waals surface area contributed by atoms with Crippen molar-refractivity contribution in [1.29, 1.82) is 5.26 Å². The molecule has 1 atom stereocenters. The Balaban J connectivity index is 2.00. The number of para-hydroxylation sites is 1. The second-order valence-electron chi connectivity index (χ2n) is 3.89. The minimum absolute atomic E-state index is 0.335. The summed E-state index contributed by atoms with van der Waals surface area (Å²) >= 11 is 0. The van der Waals surface area contributed by atoms with Crippen molar-refractivity contribution in [3.63, 3.8) is 0 Å². The van der Waals surface area contributed by atoms with E-state index in [9.17, 15) is 0 Å². The van der Waals surface area contributed by atoms with Crippen LogP contribution < -0.4 is 10.6 Å². The predicted molar refractivity (Wildman–Crippen MR) is 60.6 cm³/mol. The molecule has 0 saturated carbocycles. The minimum Gasteiger partial charge on any atom is -0.371 e. The molecule has 0 aromatic heterocycles. The fourth-order valence-electron chi connectivity index (χ4n) is 2.00. The van der Waals surface area contributed by atoms with Crippen LogP contribution in [-0.4, -0.2) is 19.1 Å². The van der Waals surface area contributed by atoms with Gasteiger partial charge in [0.15, 0.2) is 0 Å². The maximum atomic E-state index is 8.61. The summed E-state index contributed by atoms with van der Waals surface area (Å²) in [5.41, 5.74) is 8.30. The molecule has 0 amide bonds. The van der Waals surface area contributed by atoms with Gasteiger partial charge < -0.3 is 10.6 Å². The number of hydrogen-bond donors (Lipinski definition) is 1. The zero-order valence-corrected chi connectivity index (χ0v) is 8.69. The molecule has 3 heteroatoms. The lowest BCUT2D eigenvalue weighted by atomic mass is 10.2. The second-order valence-corrected chi connectivity index (χ2v) is 3.89. The molecule has 0 aliphatic carbocycles. The van der Waals surface area contributed by atoms with Crippen LogP contribution in [0.25, 0.3) is 0 Å². The Morgan fingerprint density at radius 3 is 3.07 bits per heavy atom. The maximum Gasteiger partial charge on any atom is 0.0944 e. The molecular formula is C12H15N3. The van der Waals surface area contributed by atoms with Crippen LogP contribution in [0.15, 0.2) is 24.3 Å². The van der Waals surface area contributed by atoms with E-state index in [1.54, 1.807) is 0 Å². The van der Waals surface area contributed by atoms with E-state index in [0.717, 1.165) is 25.9 Å². The second kappa shape index (κ2) is 4.33. The largest absolute Gasteiger partial charge is 0.371 e. The standard InChI is InChI=1S/C12H15N3/c13-9-11(14)6-8-15-7-5-10-3-1-2-4-12(10)15/h1-4,11H,5-8,14H2. The van der Waals surface area contributed by atoms with Crippen LogP contribution in [0.5, 0.6) is 0 Å². The molecule has 3 nitrogen and oxygen atoms in total. The molecule has 1 heterocycles. The van der Waals surface area contributed by atoms with Gasteiger partial charge in [-0.15, -0.1) is 0 Å². The van der Waals surface area contributed by atoms with Crippen molar-refractivity contribution in [3.05, 3.63) is 29.8 Å². The highest BCUT2D eigenvalue weighted by Gasteiger charge is 2.18. The van der Waals surface area contributed by atoms with E-state index < -0.39 is 0 Å². The van der Waals surface area contributed by atoms with Gasteiger partial charge in [-0.25, -0.2) is 0 Å². The monoisotopic (exact) mass is 201 g/mol. The quantitative estimate of drug-likeness (QED) is 0.801. The molecule has 2 N–H and O–H groups in total. The Labute approximate surface area is 90.1 Å². The van der Waals surface area contributed by atoms with E-state index in [4.69, 9.17) is 11.0 Å². The number of nitrogens with zero attached hydrogens (tertiary/aromatic N) is 2. The van der Waals surface area contributed by atoms with Crippen LogP contribution in [0.2, 0.25) is 0 Å². The summed E-state index contributed by atoms with van der Waals surface area (Å²) in [5, 5.41) is 8.61. The van der Waals surface area contributed by atoms with Crippen molar-refractivity contribution < 1.29 is 0 Å². The van der Waals surface area contributed by atoms with Crippen molar-refractivity contribution in [3.8, 4) is 6.07 Å². The first-order valence-corrected chi connectivity index (χ1v) is 5.29. The average Bonchev–Trinajstić information content (AvgIpc) is 2.69. The summed E-state index contributed by atoms with van der Waals surface area (Å²) in [5.74, 6) is 0. The SMILES string of the molecule is N#CC(N)CCN1CCc2ccccc21. The van der Waals surface area contributed by atoms with Gasteiger partial charge in [0.2, 0.25) is 0 Å². The summed E-state index contributed by atoms with van der Waals surface area (Å²) in [6.45, 7) is 1.93. The lowest BCUT2D eigenvalue weighted by Crippen LogP contribution is -2.28. The number of anilines is 1. The van der Waals surface area contributed by atoms with Gasteiger partial charge in [-0.3, -0.25) is 0 Å². The predicted octanol–water partition coefficient (Wildman–Crippen LogP) is 1.29. The number of nitriles is 1. The Morgan fingerprint density at radius 1 is 1.47 bits per heavy atom. The van der Waals surface area contributed by atoms with E-state index >= 15 is 0 Å². The third-order valence-corrected chi connectivity index (χ3v) is 2.86. The van der Waals surface area contributed by atoms with Crippen molar-refractivity contribution >= 4 is 5.69 Å². The molecule has 0 spiro atoms. The number of rotatable bonds is 3. The van der Waals surface area contributed by atoms with Crippen molar-refractivity contribution in [2.45, 2.75) is 18.9 Å². The van der Waals surface area contributed by atoms with E-state index in [2.05, 4.69) is 35.2 Å². The lowest BCUT2D eigenvalue weighted by Gasteiger charge is -2.19. The zero-order valence-electron chi connectivity index (χ0n) is 8.69. The molecule has 1 aromatic carbocycles. The number of fused-ring (bicyclic) bond motifs is 1. The highest BCUT2D eigenvalue weighted by molar-refractivity contribution is 5.57. The lowest BCUT2D eigenvalue weighted by molar-refractivity contribution is 0.696. The fraction of sp³-hybridized carbons (Fsp3) is 0.417. The molecule has 0 fully saturated rings. The van der Waals surface area contributed by atoms with Gasteiger partial charge in [-0.2, -0.15) is 5.26 Å². The van der Waals surface area contributed by atoms with Gasteiger partial charge in [-0.05, 0) is 24.5 Å². The molecule has 1 aliphatic heterocycles. The van der Waals surface area contributed by atoms with Crippen molar-refractivity contribution in [2.24, 2.45) is 5.73 Å². The normalized spacial score (nSPS) is 15.9. The molecule has 0 radical (unpaired) electrons. The number of nitrogens with two attached hydrogens (primary N) is 1. The summed E-state index contributed by atoms with van der Waals surface area (Å²) in [6, 6.07) is 10.2. The van der Waals surface area contributed by atoms with E-state index in [-0.39, 0.29) is 6.04 Å². The van der Waals surface area contributed by atoms with Crippen LogP contribution >= 0.6 is 0 Å². The Bertz CT molecular complexity index is 381. The van der Waals surface area contributed by atoms with Crippen molar-refractivity contribution in [2.75, 3.05) is 18.0 Å². The summed E-state index contributed by atoms with van der Waals surface area (Å²) < 4.78 is 0. The molecule has 78 valence electrons. The zero-order chi connectivity index (χ0) is 10.7. The summed E-state index contributed by atoms with van der Waals surface area (Å²) in [6.07, 6.45) is 1.85. The third kappa shape index (κ3) is 2.11. The fourth-order valence-corrected chi connectivity index (χ4v) is 2.00. The van der Waals surface area contributed by atoms with Crippen LogP contribution in [-0.2, 0) is 6.42 Å². The van der Waals surface area contributed by atoms with Gasteiger partial charge >= 0.3 is 0 Å². The van der Waals surface area contributed by atoms with Gasteiger partial charge in [-0.1, -0.05) is 18.2 Å². The molecule has 0 bridgehead atoms. The summed E-state index contributed by atoms with van der Waals surface area (Å²) in [7, 11) is 0. The highest BCUT2D eigenvalue weighted by Crippen LogP contribution is 2.27. The van der Waals surface area contributed by atoms with E-state index in [1.165, 1.54) is 11.3 Å². The Morgan fingerprint density at radius 2 is 2.27 bits per heavy atom. The van der Waals surface area contributed by atoms with Gasteiger partial charge in [0, 0.05) is 18.8 Å². The minimum atomic E-state index is -0.335. The first kappa shape index (κ1) is 10.0. The molecule has 15 heavy (non-hydrogen) atoms. The number of hydrogen-bond acceptors (Lipinski definition) is 3. The molecule has 1 aromatic rings. The maximum absolute atomic E-state index is 8.61. The van der Waals surface area contributed by atoms with Crippen molar-refractivity contribution in [1.82, 2.24) is 0 Å². The third-order valence-electron chi connectivity index (χ3n) is 2.86. The number of benzene rings is 1. The first-order chi connectivity index (χ1) is 7.31. The van der Waals surface area contributed by atoms with Gasteiger partial charge in [0.1, 0.15) is 0 Å². The smallest absolute Gasteiger partial charge is 0.0944 e. The molecule has 1 unspecified atom stereocenters. The molecule has 1 aliphatic rings. The van der Waals surface area contributed by atoms with E-state index in [0.29, 0.717) is 0 Å². The van der Waals surface area contributed by atoms with Crippen LogP contribution in [0, 0.1) is 11.3 Å². The van der Waals surface area contributed by atoms with Gasteiger partial charge in [0.05, 0.1) is 12.1 Å². The van der Waals surface area contributed by atoms with Gasteiger partial charge in [0.25, 0.3) is 0 Å². The molecule has 0 saturated heterocycles. The Kier molecular flexibility index (Phi) is 2.89. The van der Waals surface area contributed by atoms with Crippen LogP contribution in [0.3, 0.4) is 0 Å². The Hall–Kier alpha value is -1.53. The van der Waals surface area contributed by atoms with Crippen LogP contribution in [0.4, 0.5) is 5.69 Å². The topological polar surface area (TPSA) is 53.1 Å². The summed E-state index contributed by atoms with van der Waals surface area (Å²) in [4.78, 5) is 2.31. The molecule has 2 rings (SSSR count). The van der Waals surface area contributed by atoms with Crippen LogP contribution in [0.1, 0.15) is 12.0 Å². The van der Waals surface area contributed by atoms with E-state index in [1.807, 2.05) is 0 Å². The average molecular weight is 201 g/mol. The highest BCUT2D eigenvalue weighted by atomic mass is 15.1.